The molecule has 0 fully saturated rings. The predicted molar refractivity (Wildman–Crippen MR) is 73.1 cm³/mol. The number of nitriles is 1. The average Bonchev–Trinajstić information content (AvgIpc) is 2.46. The third kappa shape index (κ3) is 2.49. The molecule has 0 heterocycles. The molecule has 102 valence electrons. The zero-order valence-corrected chi connectivity index (χ0v) is 11.4. The number of hydrogen-bond donors (Lipinski definition) is 0. The molecule has 0 unspecified atom stereocenters. The van der Waals surface area contributed by atoms with E-state index in [1.807, 2.05) is 6.07 Å². The lowest BCUT2D eigenvalue weighted by Crippen LogP contribution is -2.27. The Morgan fingerprint density at radius 2 is 1.85 bits per heavy atom. The summed E-state index contributed by atoms with van der Waals surface area (Å²) in [5.74, 6) is -0.809. The molecule has 20 heavy (non-hydrogen) atoms. The van der Waals surface area contributed by atoms with Crippen molar-refractivity contribution in [3.05, 3.63) is 59.9 Å². The second-order valence-corrected chi connectivity index (χ2v) is 6.00. The van der Waals surface area contributed by atoms with Gasteiger partial charge in [-0.3, -0.25) is 4.31 Å². The molecule has 2 aromatic carbocycles. The van der Waals surface area contributed by atoms with Gasteiger partial charge < -0.3 is 0 Å². The van der Waals surface area contributed by atoms with E-state index < -0.39 is 20.7 Å². The van der Waals surface area contributed by atoms with Gasteiger partial charge in [0.2, 0.25) is 0 Å². The van der Waals surface area contributed by atoms with E-state index in [9.17, 15) is 12.8 Å². The summed E-state index contributed by atoms with van der Waals surface area (Å²) in [6.07, 6.45) is 0. The van der Waals surface area contributed by atoms with Gasteiger partial charge in [-0.1, -0.05) is 18.2 Å². The van der Waals surface area contributed by atoms with Gasteiger partial charge in [0.15, 0.2) is 0 Å². The number of benzene rings is 2. The van der Waals surface area contributed by atoms with Gasteiger partial charge in [0.05, 0.1) is 17.3 Å². The number of hydrogen-bond acceptors (Lipinski definition) is 3. The minimum atomic E-state index is -4.00. The fourth-order valence-corrected chi connectivity index (χ4v) is 2.96. The number of halogens is 1. The summed E-state index contributed by atoms with van der Waals surface area (Å²) in [5, 5.41) is 8.83. The Balaban J connectivity index is 2.49. The van der Waals surface area contributed by atoms with Crippen molar-refractivity contribution in [1.82, 2.24) is 0 Å². The lowest BCUT2D eigenvalue weighted by atomic mass is 10.2. The summed E-state index contributed by atoms with van der Waals surface area (Å²) in [5.41, 5.74) is 0.630. The zero-order chi connectivity index (χ0) is 14.8. The third-order valence-electron chi connectivity index (χ3n) is 2.81. The number of nitrogens with zero attached hydrogens (tertiary/aromatic N) is 2. The Kier molecular flexibility index (Phi) is 3.72. The maximum absolute atomic E-state index is 13.6. The maximum Gasteiger partial charge on any atom is 0.266 e. The van der Waals surface area contributed by atoms with Crippen molar-refractivity contribution in [2.24, 2.45) is 0 Å². The minimum absolute atomic E-state index is 0.298. The molecule has 0 aromatic heterocycles. The second-order valence-electron chi connectivity index (χ2n) is 4.07. The Morgan fingerprint density at radius 3 is 2.50 bits per heavy atom. The highest BCUT2D eigenvalue weighted by Crippen LogP contribution is 2.24. The van der Waals surface area contributed by atoms with E-state index in [1.165, 1.54) is 31.3 Å². The monoisotopic (exact) mass is 290 g/mol. The summed E-state index contributed by atoms with van der Waals surface area (Å²) < 4.78 is 39.3. The highest BCUT2D eigenvalue weighted by molar-refractivity contribution is 7.92. The maximum atomic E-state index is 13.6. The fourth-order valence-electron chi connectivity index (χ4n) is 1.71. The number of sulfonamides is 1. The number of anilines is 1. The summed E-state index contributed by atoms with van der Waals surface area (Å²) in [6.45, 7) is 0. The van der Waals surface area contributed by atoms with Crippen LogP contribution in [0.2, 0.25) is 0 Å². The molecule has 0 saturated carbocycles. The van der Waals surface area contributed by atoms with Crippen LogP contribution in [0.25, 0.3) is 0 Å². The normalized spacial score (nSPS) is 10.8. The van der Waals surface area contributed by atoms with Crippen LogP contribution in [0.5, 0.6) is 0 Å². The molecule has 0 radical (unpaired) electrons. The van der Waals surface area contributed by atoms with Crippen LogP contribution < -0.4 is 4.31 Å². The Morgan fingerprint density at radius 1 is 1.15 bits per heavy atom. The van der Waals surface area contributed by atoms with Crippen molar-refractivity contribution < 1.29 is 12.8 Å². The van der Waals surface area contributed by atoms with E-state index in [2.05, 4.69) is 0 Å². The van der Waals surface area contributed by atoms with Crippen LogP contribution >= 0.6 is 0 Å². The fraction of sp³-hybridized carbons (Fsp3) is 0.0714. The van der Waals surface area contributed by atoms with E-state index >= 15 is 0 Å². The summed E-state index contributed by atoms with van der Waals surface area (Å²) in [4.78, 5) is -0.398. The van der Waals surface area contributed by atoms with Crippen LogP contribution in [-0.4, -0.2) is 15.5 Å². The van der Waals surface area contributed by atoms with E-state index in [0.717, 1.165) is 10.4 Å². The predicted octanol–water partition coefficient (Wildman–Crippen LogP) is 2.52. The Hall–Kier alpha value is -2.39. The van der Waals surface area contributed by atoms with Crippen LogP contribution in [0.15, 0.2) is 53.4 Å². The van der Waals surface area contributed by atoms with E-state index in [-0.39, 0.29) is 0 Å². The molecule has 0 atom stereocenters. The van der Waals surface area contributed by atoms with Crippen LogP contribution in [0.1, 0.15) is 5.56 Å². The smallest absolute Gasteiger partial charge is 0.266 e. The first-order valence-electron chi connectivity index (χ1n) is 5.70. The molecule has 0 spiro atoms. The first-order valence-corrected chi connectivity index (χ1v) is 7.14. The van der Waals surface area contributed by atoms with Crippen molar-refractivity contribution in [2.75, 3.05) is 11.4 Å². The lowest BCUT2D eigenvalue weighted by molar-refractivity contribution is 0.566. The molecule has 6 heteroatoms. The van der Waals surface area contributed by atoms with E-state index in [1.54, 1.807) is 18.2 Å². The van der Waals surface area contributed by atoms with Gasteiger partial charge in [-0.15, -0.1) is 0 Å². The van der Waals surface area contributed by atoms with Gasteiger partial charge in [0.1, 0.15) is 10.7 Å². The standard InChI is InChI=1S/C14H11FN2O2S/c1-17(12-6-4-5-11(9-12)10-16)20(18,19)14-8-3-2-7-13(14)15/h2-9H,1H3. The Labute approximate surface area is 116 Å². The van der Waals surface area contributed by atoms with Gasteiger partial charge in [-0.05, 0) is 30.3 Å². The van der Waals surface area contributed by atoms with Crippen LogP contribution in [0.4, 0.5) is 10.1 Å². The van der Waals surface area contributed by atoms with Crippen LogP contribution in [0.3, 0.4) is 0 Å². The molecule has 0 aliphatic carbocycles. The first-order chi connectivity index (χ1) is 9.46. The van der Waals surface area contributed by atoms with Gasteiger partial charge in [-0.25, -0.2) is 12.8 Å². The quantitative estimate of drug-likeness (QED) is 0.872. The van der Waals surface area contributed by atoms with Crippen molar-refractivity contribution in [3.8, 4) is 6.07 Å². The molecule has 0 N–H and O–H groups in total. The van der Waals surface area contributed by atoms with E-state index in [4.69, 9.17) is 5.26 Å². The van der Waals surface area contributed by atoms with Crippen LogP contribution in [0, 0.1) is 17.1 Å². The van der Waals surface area contributed by atoms with Crippen molar-refractivity contribution >= 4 is 15.7 Å². The molecule has 0 aliphatic heterocycles. The average molecular weight is 290 g/mol. The molecular weight excluding hydrogens is 279 g/mol. The van der Waals surface area contributed by atoms with Crippen molar-refractivity contribution in [1.29, 1.82) is 5.26 Å². The van der Waals surface area contributed by atoms with Gasteiger partial charge in [-0.2, -0.15) is 5.26 Å². The molecule has 0 bridgehead atoms. The SMILES string of the molecule is CN(c1cccc(C#N)c1)S(=O)(=O)c1ccccc1F. The summed E-state index contributed by atoms with van der Waals surface area (Å²) >= 11 is 0. The zero-order valence-electron chi connectivity index (χ0n) is 10.6. The summed E-state index contributed by atoms with van der Waals surface area (Å²) in [7, 11) is -2.68. The highest BCUT2D eigenvalue weighted by atomic mass is 32.2. The second kappa shape index (κ2) is 5.31. The molecule has 4 nitrogen and oxygen atoms in total. The lowest BCUT2D eigenvalue weighted by Gasteiger charge is -2.19. The first kappa shape index (κ1) is 14.0. The van der Waals surface area contributed by atoms with Gasteiger partial charge in [0.25, 0.3) is 10.0 Å². The topological polar surface area (TPSA) is 61.2 Å². The minimum Gasteiger partial charge on any atom is -0.269 e. The molecular formula is C14H11FN2O2S. The molecule has 0 aliphatic rings. The van der Waals surface area contributed by atoms with Gasteiger partial charge >= 0.3 is 0 Å². The largest absolute Gasteiger partial charge is 0.269 e. The van der Waals surface area contributed by atoms with E-state index in [0.29, 0.717) is 11.3 Å². The summed E-state index contributed by atoms with van der Waals surface area (Å²) in [6, 6.07) is 13.2. The van der Waals surface area contributed by atoms with Crippen molar-refractivity contribution in [3.63, 3.8) is 0 Å². The van der Waals surface area contributed by atoms with Crippen molar-refractivity contribution in [2.45, 2.75) is 4.90 Å². The molecule has 0 amide bonds. The molecule has 2 rings (SSSR count). The van der Waals surface area contributed by atoms with Gasteiger partial charge in [0, 0.05) is 7.05 Å². The molecule has 0 saturated heterocycles. The highest BCUT2D eigenvalue weighted by Gasteiger charge is 2.24. The number of rotatable bonds is 3. The third-order valence-corrected chi connectivity index (χ3v) is 4.63. The molecule has 2 aromatic rings. The Bertz CT molecular complexity index is 782. The van der Waals surface area contributed by atoms with Crippen LogP contribution in [-0.2, 0) is 10.0 Å².